The van der Waals surface area contributed by atoms with Crippen molar-refractivity contribution in [3.63, 3.8) is 0 Å². The number of ether oxygens (including phenoxy) is 1. The predicted octanol–water partition coefficient (Wildman–Crippen LogP) is 1.01. The molecule has 0 aromatic carbocycles. The van der Waals surface area contributed by atoms with E-state index in [1.165, 1.54) is 4.57 Å². The molecule has 1 saturated heterocycles. The highest BCUT2D eigenvalue weighted by Gasteiger charge is 2.29. The topological polar surface area (TPSA) is 86.3 Å². The molecule has 0 unspecified atom stereocenters. The summed E-state index contributed by atoms with van der Waals surface area (Å²) in [4.78, 5) is 23.5. The summed E-state index contributed by atoms with van der Waals surface area (Å²) in [5.74, 6) is -0.207. The Morgan fingerprint density at radius 2 is 2.30 bits per heavy atom. The summed E-state index contributed by atoms with van der Waals surface area (Å²) in [6.07, 6.45) is 2.53. The zero-order chi connectivity index (χ0) is 14.0. The molecule has 0 bridgehead atoms. The highest BCUT2D eigenvalue weighted by Crippen LogP contribution is 2.20. The number of aryl methyl sites for hydroxylation is 1. The Labute approximate surface area is 131 Å². The van der Waals surface area contributed by atoms with Crippen LogP contribution in [-0.4, -0.2) is 29.2 Å². The van der Waals surface area contributed by atoms with Crippen LogP contribution >= 0.6 is 28.3 Å². The second-order valence-electron chi connectivity index (χ2n) is 4.54. The Kier molecular flexibility index (Phi) is 6.19. The van der Waals surface area contributed by atoms with Gasteiger partial charge in [-0.3, -0.25) is 9.59 Å². The monoisotopic (exact) mass is 365 g/mol. The van der Waals surface area contributed by atoms with Gasteiger partial charge in [-0.2, -0.15) is 0 Å². The molecule has 8 heteroatoms. The van der Waals surface area contributed by atoms with E-state index in [0.29, 0.717) is 23.1 Å². The molecule has 1 aromatic heterocycles. The third-order valence-corrected chi connectivity index (χ3v) is 3.64. The first kappa shape index (κ1) is 17.2. The second kappa shape index (κ2) is 7.21. The third-order valence-electron chi connectivity index (χ3n) is 3.07. The Morgan fingerprint density at radius 3 is 2.85 bits per heavy atom. The molecule has 0 aliphatic carbocycles. The Hall–Kier alpha value is -0.890. The van der Waals surface area contributed by atoms with Crippen LogP contribution in [0.5, 0.6) is 0 Å². The quantitative estimate of drug-likeness (QED) is 0.836. The Balaban J connectivity index is 0.00000200. The minimum Gasteiger partial charge on any atom is -0.364 e. The summed E-state index contributed by atoms with van der Waals surface area (Å²) >= 11 is 3.16. The molecule has 2 atom stereocenters. The van der Waals surface area contributed by atoms with Crippen molar-refractivity contribution < 1.29 is 9.53 Å². The van der Waals surface area contributed by atoms with Gasteiger partial charge in [-0.15, -0.1) is 12.4 Å². The summed E-state index contributed by atoms with van der Waals surface area (Å²) in [5.41, 5.74) is 5.90. The lowest BCUT2D eigenvalue weighted by Crippen LogP contribution is -2.30. The molecule has 1 aromatic rings. The molecule has 1 aliphatic rings. The largest absolute Gasteiger partial charge is 0.364 e. The fourth-order valence-corrected chi connectivity index (χ4v) is 2.56. The van der Waals surface area contributed by atoms with Crippen molar-refractivity contribution in [2.45, 2.75) is 25.0 Å². The lowest BCUT2D eigenvalue weighted by Gasteiger charge is -2.13. The number of hydrogen-bond acceptors (Lipinski definition) is 4. The van der Waals surface area contributed by atoms with Crippen molar-refractivity contribution in [1.29, 1.82) is 0 Å². The van der Waals surface area contributed by atoms with Crippen molar-refractivity contribution in [2.75, 3.05) is 11.9 Å². The average Bonchev–Trinajstić information content (AvgIpc) is 2.84. The maximum absolute atomic E-state index is 12.0. The zero-order valence-electron chi connectivity index (χ0n) is 11.0. The molecular weight excluding hydrogens is 350 g/mol. The van der Waals surface area contributed by atoms with Gasteiger partial charge in [0, 0.05) is 19.8 Å². The highest BCUT2D eigenvalue weighted by atomic mass is 79.9. The SMILES string of the molecule is Cl.Cn1cc(NC(=O)[C@@H]2CC[C@H](CN)O2)cc(Br)c1=O. The molecule has 3 N–H and O–H groups in total. The molecule has 2 rings (SSSR count). The maximum atomic E-state index is 12.0. The van der Waals surface area contributed by atoms with Crippen LogP contribution in [0.15, 0.2) is 21.5 Å². The van der Waals surface area contributed by atoms with Gasteiger partial charge in [-0.1, -0.05) is 0 Å². The van der Waals surface area contributed by atoms with Gasteiger partial charge in [-0.05, 0) is 34.8 Å². The van der Waals surface area contributed by atoms with Crippen LogP contribution in [0.4, 0.5) is 5.69 Å². The lowest BCUT2D eigenvalue weighted by atomic mass is 10.2. The van der Waals surface area contributed by atoms with Crippen LogP contribution in [0.1, 0.15) is 12.8 Å². The lowest BCUT2D eigenvalue weighted by molar-refractivity contribution is -0.126. The fraction of sp³-hybridized carbons (Fsp3) is 0.500. The molecule has 0 spiro atoms. The summed E-state index contributed by atoms with van der Waals surface area (Å²) in [5, 5.41) is 2.74. The minimum atomic E-state index is -0.468. The number of halogens is 2. The number of nitrogens with one attached hydrogen (secondary N) is 1. The van der Waals surface area contributed by atoms with E-state index in [1.54, 1.807) is 19.3 Å². The summed E-state index contributed by atoms with van der Waals surface area (Å²) in [6.45, 7) is 0.426. The number of aromatic nitrogens is 1. The zero-order valence-corrected chi connectivity index (χ0v) is 13.4. The van der Waals surface area contributed by atoms with E-state index in [0.717, 1.165) is 6.42 Å². The molecule has 0 radical (unpaired) electrons. The van der Waals surface area contributed by atoms with Crippen LogP contribution in [-0.2, 0) is 16.6 Å². The standard InChI is InChI=1S/C12H16BrN3O3.ClH/c1-16-6-7(4-9(13)12(16)18)15-11(17)10-3-2-8(5-14)19-10;/h4,6,8,10H,2-3,5,14H2,1H3,(H,15,17);1H/t8-,10+;/m1./s1. The van der Waals surface area contributed by atoms with Gasteiger partial charge in [-0.25, -0.2) is 0 Å². The number of rotatable bonds is 3. The molecule has 1 aliphatic heterocycles. The van der Waals surface area contributed by atoms with Gasteiger partial charge in [0.15, 0.2) is 0 Å². The number of anilines is 1. The molecule has 2 heterocycles. The normalized spacial score (nSPS) is 21.4. The number of nitrogens with two attached hydrogens (primary N) is 1. The van der Waals surface area contributed by atoms with E-state index >= 15 is 0 Å². The molecular formula is C12H17BrClN3O3. The van der Waals surface area contributed by atoms with Gasteiger partial charge < -0.3 is 20.4 Å². The van der Waals surface area contributed by atoms with Crippen molar-refractivity contribution in [2.24, 2.45) is 12.8 Å². The van der Waals surface area contributed by atoms with E-state index in [4.69, 9.17) is 10.5 Å². The smallest absolute Gasteiger partial charge is 0.264 e. The molecule has 20 heavy (non-hydrogen) atoms. The second-order valence-corrected chi connectivity index (χ2v) is 5.40. The summed E-state index contributed by atoms with van der Waals surface area (Å²) in [6, 6.07) is 1.58. The van der Waals surface area contributed by atoms with Crippen LogP contribution in [0.25, 0.3) is 0 Å². The van der Waals surface area contributed by atoms with E-state index in [1.807, 2.05) is 0 Å². The van der Waals surface area contributed by atoms with Gasteiger partial charge in [0.05, 0.1) is 16.3 Å². The number of amides is 1. The van der Waals surface area contributed by atoms with Crippen molar-refractivity contribution >= 4 is 39.9 Å². The molecule has 112 valence electrons. The van der Waals surface area contributed by atoms with Crippen LogP contribution < -0.4 is 16.6 Å². The van der Waals surface area contributed by atoms with E-state index in [9.17, 15) is 9.59 Å². The molecule has 1 fully saturated rings. The predicted molar refractivity (Wildman–Crippen MR) is 82.2 cm³/mol. The molecule has 1 amide bonds. The first-order valence-corrected chi connectivity index (χ1v) is 6.83. The van der Waals surface area contributed by atoms with E-state index in [2.05, 4.69) is 21.2 Å². The first-order chi connectivity index (χ1) is 9.01. The number of carbonyl (C=O) groups excluding carboxylic acids is 1. The summed E-state index contributed by atoms with van der Waals surface area (Å²) < 4.78 is 7.31. The van der Waals surface area contributed by atoms with Crippen LogP contribution in [0.3, 0.4) is 0 Å². The first-order valence-electron chi connectivity index (χ1n) is 6.04. The van der Waals surface area contributed by atoms with Gasteiger partial charge in [0.25, 0.3) is 11.5 Å². The fourth-order valence-electron chi connectivity index (χ4n) is 2.03. The molecule has 0 saturated carbocycles. The van der Waals surface area contributed by atoms with Crippen molar-refractivity contribution in [1.82, 2.24) is 4.57 Å². The van der Waals surface area contributed by atoms with E-state index in [-0.39, 0.29) is 30.0 Å². The number of carbonyl (C=O) groups is 1. The summed E-state index contributed by atoms with van der Waals surface area (Å²) in [7, 11) is 1.62. The number of nitrogens with zero attached hydrogens (tertiary/aromatic N) is 1. The van der Waals surface area contributed by atoms with Gasteiger partial charge in [0.1, 0.15) is 6.10 Å². The van der Waals surface area contributed by atoms with Gasteiger partial charge >= 0.3 is 0 Å². The minimum absolute atomic E-state index is 0. The van der Waals surface area contributed by atoms with Crippen molar-refractivity contribution in [3.05, 3.63) is 27.1 Å². The van der Waals surface area contributed by atoms with Crippen LogP contribution in [0, 0.1) is 0 Å². The average molecular weight is 367 g/mol. The van der Waals surface area contributed by atoms with Gasteiger partial charge in [0.2, 0.25) is 0 Å². The van der Waals surface area contributed by atoms with Crippen LogP contribution in [0.2, 0.25) is 0 Å². The Morgan fingerprint density at radius 1 is 1.60 bits per heavy atom. The van der Waals surface area contributed by atoms with E-state index < -0.39 is 6.10 Å². The molecule has 6 nitrogen and oxygen atoms in total. The number of hydrogen-bond donors (Lipinski definition) is 2. The number of pyridine rings is 1. The highest BCUT2D eigenvalue weighted by molar-refractivity contribution is 9.10. The Bertz CT molecular complexity index is 523. The van der Waals surface area contributed by atoms with Crippen molar-refractivity contribution in [3.8, 4) is 0 Å². The maximum Gasteiger partial charge on any atom is 0.264 e. The third kappa shape index (κ3) is 3.82.